The van der Waals surface area contributed by atoms with Gasteiger partial charge in [0.1, 0.15) is 5.82 Å². The molecule has 0 spiro atoms. The third-order valence-electron chi connectivity index (χ3n) is 5.46. The van der Waals surface area contributed by atoms with Gasteiger partial charge in [-0.2, -0.15) is 0 Å². The normalized spacial score (nSPS) is 12.8. The van der Waals surface area contributed by atoms with Gasteiger partial charge in [0.25, 0.3) is 5.97 Å². The monoisotopic (exact) mass is 416 g/mol. The molecule has 166 valence electrons. The van der Waals surface area contributed by atoms with E-state index in [-0.39, 0.29) is 11.7 Å². The summed E-state index contributed by atoms with van der Waals surface area (Å²) in [6.07, 6.45) is 7.88. The Hall–Kier alpha value is -1.75. The minimum absolute atomic E-state index is 0.250. The van der Waals surface area contributed by atoms with Crippen LogP contribution in [-0.2, 0) is 9.47 Å². The molecule has 3 nitrogen and oxygen atoms in total. The van der Waals surface area contributed by atoms with Gasteiger partial charge in [-0.05, 0) is 49.1 Å². The number of rotatable bonds is 14. The number of hydrogen-bond acceptors (Lipinski definition) is 3. The molecule has 0 aliphatic rings. The SMILES string of the molecule is CCCCCCCCC(c1ccc(-c2cccc(F)c2)cc1)C(O)(OCC)OCC. The van der Waals surface area contributed by atoms with E-state index >= 15 is 0 Å². The molecule has 0 radical (unpaired) electrons. The van der Waals surface area contributed by atoms with Gasteiger partial charge in [0.05, 0.1) is 5.92 Å². The minimum Gasteiger partial charge on any atom is -0.343 e. The van der Waals surface area contributed by atoms with Crippen LogP contribution in [0.15, 0.2) is 48.5 Å². The van der Waals surface area contributed by atoms with Gasteiger partial charge in [-0.25, -0.2) is 4.39 Å². The Kier molecular flexibility index (Phi) is 10.5. The van der Waals surface area contributed by atoms with Crippen molar-refractivity contribution in [2.45, 2.75) is 77.6 Å². The van der Waals surface area contributed by atoms with Crippen molar-refractivity contribution in [3.05, 3.63) is 59.9 Å². The molecule has 0 heterocycles. The quantitative estimate of drug-likeness (QED) is 0.265. The molecule has 1 unspecified atom stereocenters. The highest BCUT2D eigenvalue weighted by Gasteiger charge is 2.39. The maximum atomic E-state index is 13.6. The predicted octanol–water partition coefficient (Wildman–Crippen LogP) is 7.05. The lowest BCUT2D eigenvalue weighted by Gasteiger charge is -2.35. The summed E-state index contributed by atoms with van der Waals surface area (Å²) in [6, 6.07) is 14.5. The van der Waals surface area contributed by atoms with Crippen LogP contribution in [0.5, 0.6) is 0 Å². The van der Waals surface area contributed by atoms with E-state index in [0.717, 1.165) is 36.0 Å². The standard InChI is InChI=1S/C26H37FO3/c1-4-7-8-9-10-11-15-25(26(28,29-5-2)30-6-3)22-18-16-21(17-19-22)23-13-12-14-24(27)20-23/h12-14,16-20,25,28H,4-11,15H2,1-3H3. The fraction of sp³-hybridized carbons (Fsp3) is 0.538. The Balaban J connectivity index is 2.19. The summed E-state index contributed by atoms with van der Waals surface area (Å²) in [7, 11) is 0. The predicted molar refractivity (Wildman–Crippen MR) is 121 cm³/mol. The molecular formula is C26H37FO3. The first-order chi connectivity index (χ1) is 14.5. The summed E-state index contributed by atoms with van der Waals surface area (Å²) in [4.78, 5) is 0. The second-order valence-electron chi connectivity index (χ2n) is 7.74. The first-order valence-electron chi connectivity index (χ1n) is 11.4. The number of ether oxygens (including phenoxy) is 2. The highest BCUT2D eigenvalue weighted by Crippen LogP contribution is 2.36. The molecule has 2 aromatic rings. The zero-order chi connectivity index (χ0) is 21.8. The molecule has 30 heavy (non-hydrogen) atoms. The maximum Gasteiger partial charge on any atom is 0.287 e. The summed E-state index contributed by atoms with van der Waals surface area (Å²) in [6.45, 7) is 6.67. The molecule has 0 bridgehead atoms. The Bertz CT molecular complexity index is 723. The van der Waals surface area contributed by atoms with Crippen molar-refractivity contribution in [3.63, 3.8) is 0 Å². The van der Waals surface area contributed by atoms with Crippen LogP contribution in [0.1, 0.15) is 77.2 Å². The molecule has 2 rings (SSSR count). The zero-order valence-corrected chi connectivity index (χ0v) is 18.7. The van der Waals surface area contributed by atoms with E-state index in [2.05, 4.69) is 6.92 Å². The minimum atomic E-state index is -1.65. The summed E-state index contributed by atoms with van der Waals surface area (Å²) in [5, 5.41) is 11.2. The van der Waals surface area contributed by atoms with Gasteiger partial charge in [-0.3, -0.25) is 0 Å². The van der Waals surface area contributed by atoms with Crippen molar-refractivity contribution in [1.29, 1.82) is 0 Å². The second-order valence-corrected chi connectivity index (χ2v) is 7.74. The van der Waals surface area contributed by atoms with Gasteiger partial charge in [-0.1, -0.05) is 81.8 Å². The van der Waals surface area contributed by atoms with Crippen molar-refractivity contribution in [3.8, 4) is 11.1 Å². The van der Waals surface area contributed by atoms with Gasteiger partial charge in [0, 0.05) is 13.2 Å². The summed E-state index contributed by atoms with van der Waals surface area (Å²) in [5.74, 6) is -2.18. The van der Waals surface area contributed by atoms with Crippen LogP contribution in [0.2, 0.25) is 0 Å². The van der Waals surface area contributed by atoms with Crippen LogP contribution in [0, 0.1) is 5.82 Å². The fourth-order valence-corrected chi connectivity index (χ4v) is 3.92. The molecule has 0 fully saturated rings. The van der Waals surface area contributed by atoms with Crippen LogP contribution in [-0.4, -0.2) is 24.3 Å². The number of halogens is 1. The van der Waals surface area contributed by atoms with E-state index in [9.17, 15) is 9.50 Å². The largest absolute Gasteiger partial charge is 0.343 e. The van der Waals surface area contributed by atoms with E-state index < -0.39 is 5.97 Å². The lowest BCUT2D eigenvalue weighted by molar-refractivity contribution is -0.370. The van der Waals surface area contributed by atoms with Gasteiger partial charge >= 0.3 is 0 Å². The number of aliphatic hydroxyl groups is 1. The van der Waals surface area contributed by atoms with Gasteiger partial charge in [-0.15, -0.1) is 0 Å². The van der Waals surface area contributed by atoms with Crippen molar-refractivity contribution in [1.82, 2.24) is 0 Å². The van der Waals surface area contributed by atoms with Crippen LogP contribution in [0.3, 0.4) is 0 Å². The Morgan fingerprint density at radius 2 is 1.47 bits per heavy atom. The average molecular weight is 417 g/mol. The molecule has 0 saturated carbocycles. The molecule has 0 aliphatic heterocycles. The number of benzene rings is 2. The number of unbranched alkanes of at least 4 members (excludes halogenated alkanes) is 5. The lowest BCUT2D eigenvalue weighted by atomic mass is 9.89. The summed E-state index contributed by atoms with van der Waals surface area (Å²) >= 11 is 0. The van der Waals surface area contributed by atoms with Crippen molar-refractivity contribution >= 4 is 0 Å². The van der Waals surface area contributed by atoms with Crippen LogP contribution in [0.4, 0.5) is 4.39 Å². The van der Waals surface area contributed by atoms with E-state index in [0.29, 0.717) is 13.2 Å². The molecule has 0 amide bonds. The van der Waals surface area contributed by atoms with Crippen LogP contribution < -0.4 is 0 Å². The molecule has 1 N–H and O–H groups in total. The van der Waals surface area contributed by atoms with Gasteiger partial charge in [0.15, 0.2) is 0 Å². The van der Waals surface area contributed by atoms with E-state index in [4.69, 9.17) is 9.47 Å². The van der Waals surface area contributed by atoms with Crippen molar-refractivity contribution in [2.75, 3.05) is 13.2 Å². The third-order valence-corrected chi connectivity index (χ3v) is 5.46. The number of hydrogen-bond donors (Lipinski definition) is 1. The highest BCUT2D eigenvalue weighted by molar-refractivity contribution is 5.63. The Morgan fingerprint density at radius 1 is 0.833 bits per heavy atom. The average Bonchev–Trinajstić information content (AvgIpc) is 2.74. The smallest absolute Gasteiger partial charge is 0.287 e. The Morgan fingerprint density at radius 3 is 2.07 bits per heavy atom. The van der Waals surface area contributed by atoms with Gasteiger partial charge in [0.2, 0.25) is 0 Å². The summed E-state index contributed by atoms with van der Waals surface area (Å²) < 4.78 is 25.0. The summed E-state index contributed by atoms with van der Waals surface area (Å²) in [5.41, 5.74) is 2.74. The van der Waals surface area contributed by atoms with E-state index in [1.807, 2.05) is 44.2 Å². The maximum absolute atomic E-state index is 13.6. The van der Waals surface area contributed by atoms with Crippen molar-refractivity contribution in [2.24, 2.45) is 0 Å². The first kappa shape index (κ1) is 24.5. The van der Waals surface area contributed by atoms with E-state index in [1.54, 1.807) is 6.07 Å². The molecule has 0 aliphatic carbocycles. The van der Waals surface area contributed by atoms with E-state index in [1.165, 1.54) is 37.8 Å². The molecule has 1 atom stereocenters. The van der Waals surface area contributed by atoms with Gasteiger partial charge < -0.3 is 14.6 Å². The molecule has 4 heteroatoms. The lowest BCUT2D eigenvalue weighted by Crippen LogP contribution is -2.42. The first-order valence-corrected chi connectivity index (χ1v) is 11.4. The third kappa shape index (κ3) is 7.19. The second kappa shape index (κ2) is 12.8. The van der Waals surface area contributed by atoms with Crippen LogP contribution in [0.25, 0.3) is 11.1 Å². The Labute approximate surface area is 181 Å². The molecule has 0 aromatic heterocycles. The molecule has 0 saturated heterocycles. The fourth-order valence-electron chi connectivity index (χ4n) is 3.92. The zero-order valence-electron chi connectivity index (χ0n) is 18.7. The topological polar surface area (TPSA) is 38.7 Å². The van der Waals surface area contributed by atoms with Crippen molar-refractivity contribution < 1.29 is 19.0 Å². The molecular weight excluding hydrogens is 379 g/mol. The highest BCUT2D eigenvalue weighted by atomic mass is 19.1. The molecule has 2 aromatic carbocycles. The van der Waals surface area contributed by atoms with Crippen LogP contribution >= 0.6 is 0 Å².